The Kier molecular flexibility index (Phi) is 3.82. The molecule has 1 unspecified atom stereocenters. The summed E-state index contributed by atoms with van der Waals surface area (Å²) in [5.74, 6) is 3.50. The van der Waals surface area contributed by atoms with E-state index in [1.165, 1.54) is 12.8 Å². The van der Waals surface area contributed by atoms with Crippen LogP contribution in [-0.2, 0) is 6.54 Å². The zero-order valence-corrected chi connectivity index (χ0v) is 12.8. The highest BCUT2D eigenvalue weighted by molar-refractivity contribution is 5.55. The molecule has 1 fully saturated rings. The van der Waals surface area contributed by atoms with Crippen molar-refractivity contribution in [2.75, 3.05) is 13.6 Å². The van der Waals surface area contributed by atoms with Crippen LogP contribution in [0.3, 0.4) is 0 Å². The second kappa shape index (κ2) is 5.61. The third-order valence-electron chi connectivity index (χ3n) is 4.10. The summed E-state index contributed by atoms with van der Waals surface area (Å²) in [5.41, 5.74) is 6.73. The summed E-state index contributed by atoms with van der Waals surface area (Å²) in [5, 5.41) is 8.26. The van der Waals surface area contributed by atoms with Crippen molar-refractivity contribution in [3.05, 3.63) is 23.5 Å². The Morgan fingerprint density at radius 2 is 2.10 bits per heavy atom. The molecule has 1 aliphatic rings. The summed E-state index contributed by atoms with van der Waals surface area (Å²) < 4.78 is 11.3. The van der Waals surface area contributed by atoms with E-state index in [0.717, 1.165) is 23.0 Å². The molecule has 114 valence electrons. The lowest BCUT2D eigenvalue weighted by Gasteiger charge is -2.25. The van der Waals surface area contributed by atoms with Crippen molar-refractivity contribution in [2.45, 2.75) is 39.3 Å². The van der Waals surface area contributed by atoms with Crippen LogP contribution < -0.4 is 5.73 Å². The van der Waals surface area contributed by atoms with Gasteiger partial charge in [-0.25, -0.2) is 0 Å². The van der Waals surface area contributed by atoms with Crippen molar-refractivity contribution in [3.8, 4) is 11.5 Å². The minimum atomic E-state index is 0.401. The van der Waals surface area contributed by atoms with Gasteiger partial charge in [-0.15, -0.1) is 10.2 Å². The fraction of sp³-hybridized carbons (Fsp3) is 0.600. The van der Waals surface area contributed by atoms with Gasteiger partial charge < -0.3 is 14.6 Å². The monoisotopic (exact) mass is 290 g/mol. The molecule has 3 rings (SSSR count). The van der Waals surface area contributed by atoms with Crippen molar-refractivity contribution in [1.29, 1.82) is 0 Å². The zero-order chi connectivity index (χ0) is 15.0. The van der Waals surface area contributed by atoms with Crippen LogP contribution in [0, 0.1) is 19.8 Å². The maximum Gasteiger partial charge on any atom is 0.251 e. The van der Waals surface area contributed by atoms with Gasteiger partial charge in [0.05, 0.1) is 12.1 Å². The molecule has 21 heavy (non-hydrogen) atoms. The first kappa shape index (κ1) is 14.3. The molecule has 0 radical (unpaired) electrons. The zero-order valence-electron chi connectivity index (χ0n) is 12.8. The molecule has 0 amide bonds. The number of aryl methyl sites for hydroxylation is 2. The number of aromatic nitrogens is 2. The van der Waals surface area contributed by atoms with Crippen LogP contribution >= 0.6 is 0 Å². The van der Waals surface area contributed by atoms with Gasteiger partial charge >= 0.3 is 0 Å². The van der Waals surface area contributed by atoms with Gasteiger partial charge in [0.25, 0.3) is 5.89 Å². The largest absolute Gasteiger partial charge is 0.466 e. The topological polar surface area (TPSA) is 81.3 Å². The molecule has 0 aliphatic heterocycles. The number of likely N-dealkylation sites (N-methyl/N-ethyl adjacent to an activating group) is 1. The van der Waals surface area contributed by atoms with Crippen LogP contribution in [0.15, 0.2) is 14.9 Å². The van der Waals surface area contributed by atoms with Crippen molar-refractivity contribution in [2.24, 2.45) is 11.7 Å². The maximum atomic E-state index is 5.87. The molecule has 0 aromatic carbocycles. The highest BCUT2D eigenvalue weighted by Gasteiger charge is 2.33. The molecule has 6 nitrogen and oxygen atoms in total. The highest BCUT2D eigenvalue weighted by atomic mass is 16.4. The van der Waals surface area contributed by atoms with Crippen molar-refractivity contribution in [3.63, 3.8) is 0 Å². The number of nitrogens with two attached hydrogens (primary N) is 1. The number of hydrogen-bond acceptors (Lipinski definition) is 6. The van der Waals surface area contributed by atoms with Crippen LogP contribution in [0.25, 0.3) is 11.5 Å². The lowest BCUT2D eigenvalue weighted by molar-refractivity contribution is 0.197. The number of furan rings is 1. The standard InChI is InChI=1S/C15H22N4O2/c1-9-6-12(10(2)20-9)15-18-17-14(21-15)8-19(3)13(7-16)11-4-5-11/h6,11,13H,4-5,7-8,16H2,1-3H3. The molecule has 0 spiro atoms. The number of hydrogen-bond donors (Lipinski definition) is 1. The van der Waals surface area contributed by atoms with E-state index in [4.69, 9.17) is 14.6 Å². The minimum Gasteiger partial charge on any atom is -0.466 e. The van der Waals surface area contributed by atoms with Gasteiger partial charge in [0, 0.05) is 12.6 Å². The van der Waals surface area contributed by atoms with E-state index in [1.807, 2.05) is 19.9 Å². The Morgan fingerprint density at radius 1 is 1.33 bits per heavy atom. The first-order chi connectivity index (χ1) is 10.1. The van der Waals surface area contributed by atoms with Gasteiger partial charge in [-0.1, -0.05) is 0 Å². The molecule has 1 atom stereocenters. The lowest BCUT2D eigenvalue weighted by Crippen LogP contribution is -2.39. The second-order valence-electron chi connectivity index (χ2n) is 5.88. The Bertz CT molecular complexity index is 615. The molecular weight excluding hydrogens is 268 g/mol. The first-order valence-electron chi connectivity index (χ1n) is 7.38. The van der Waals surface area contributed by atoms with Crippen molar-refractivity contribution < 1.29 is 8.83 Å². The van der Waals surface area contributed by atoms with Gasteiger partial charge in [-0.2, -0.15) is 0 Å². The van der Waals surface area contributed by atoms with E-state index in [2.05, 4.69) is 22.1 Å². The van der Waals surface area contributed by atoms with Crippen molar-refractivity contribution >= 4 is 0 Å². The van der Waals surface area contributed by atoms with Crippen LogP contribution in [0.5, 0.6) is 0 Å². The summed E-state index contributed by atoms with van der Waals surface area (Å²) >= 11 is 0. The molecule has 2 aromatic heterocycles. The quantitative estimate of drug-likeness (QED) is 0.877. The molecule has 1 aliphatic carbocycles. The van der Waals surface area contributed by atoms with Crippen LogP contribution in [0.4, 0.5) is 0 Å². The molecular formula is C15H22N4O2. The van der Waals surface area contributed by atoms with Gasteiger partial charge in [0.2, 0.25) is 5.89 Å². The normalized spacial score (nSPS) is 16.6. The molecule has 1 saturated carbocycles. The summed E-state index contributed by atoms with van der Waals surface area (Å²) in [6.45, 7) is 5.10. The molecule has 0 bridgehead atoms. The number of rotatable bonds is 6. The average Bonchev–Trinajstić information content (AvgIpc) is 3.06. The van der Waals surface area contributed by atoms with E-state index < -0.39 is 0 Å². The third kappa shape index (κ3) is 3.01. The summed E-state index contributed by atoms with van der Waals surface area (Å²) in [4.78, 5) is 2.21. The minimum absolute atomic E-state index is 0.401. The Balaban J connectivity index is 1.71. The summed E-state index contributed by atoms with van der Waals surface area (Å²) in [6, 6.07) is 2.32. The predicted octanol–water partition coefficient (Wildman–Crippen LogP) is 2.12. The Labute approximate surface area is 124 Å². The average molecular weight is 290 g/mol. The Hall–Kier alpha value is -1.66. The Morgan fingerprint density at radius 3 is 2.67 bits per heavy atom. The van der Waals surface area contributed by atoms with E-state index in [1.54, 1.807) is 0 Å². The second-order valence-corrected chi connectivity index (χ2v) is 5.88. The lowest BCUT2D eigenvalue weighted by atomic mass is 10.1. The first-order valence-corrected chi connectivity index (χ1v) is 7.38. The molecule has 6 heteroatoms. The van der Waals surface area contributed by atoms with Crippen LogP contribution in [-0.4, -0.2) is 34.7 Å². The SMILES string of the molecule is Cc1cc(-c2nnc(CN(C)C(CN)C3CC3)o2)c(C)o1. The molecule has 2 aromatic rings. The predicted molar refractivity (Wildman–Crippen MR) is 78.5 cm³/mol. The fourth-order valence-corrected chi connectivity index (χ4v) is 2.81. The van der Waals surface area contributed by atoms with Gasteiger partial charge in [0.1, 0.15) is 11.5 Å². The molecule has 2 N–H and O–H groups in total. The maximum absolute atomic E-state index is 5.87. The van der Waals surface area contributed by atoms with Crippen LogP contribution in [0.2, 0.25) is 0 Å². The fourth-order valence-electron chi connectivity index (χ4n) is 2.81. The van der Waals surface area contributed by atoms with E-state index in [-0.39, 0.29) is 0 Å². The van der Waals surface area contributed by atoms with Crippen molar-refractivity contribution in [1.82, 2.24) is 15.1 Å². The van der Waals surface area contributed by atoms with Gasteiger partial charge in [-0.05, 0) is 45.7 Å². The van der Waals surface area contributed by atoms with E-state index >= 15 is 0 Å². The molecule has 0 saturated heterocycles. The summed E-state index contributed by atoms with van der Waals surface area (Å²) in [6.07, 6.45) is 2.55. The van der Waals surface area contributed by atoms with Crippen LogP contribution in [0.1, 0.15) is 30.3 Å². The van der Waals surface area contributed by atoms with Gasteiger partial charge in [0.15, 0.2) is 0 Å². The smallest absolute Gasteiger partial charge is 0.251 e. The van der Waals surface area contributed by atoms with E-state index in [0.29, 0.717) is 30.9 Å². The number of nitrogens with zero attached hydrogens (tertiary/aromatic N) is 3. The molecule has 2 heterocycles. The highest BCUT2D eigenvalue weighted by Crippen LogP contribution is 2.35. The summed E-state index contributed by atoms with van der Waals surface area (Å²) in [7, 11) is 2.06. The van der Waals surface area contributed by atoms with E-state index in [9.17, 15) is 0 Å². The third-order valence-corrected chi connectivity index (χ3v) is 4.10. The van der Waals surface area contributed by atoms with Gasteiger partial charge in [-0.3, -0.25) is 4.90 Å².